The van der Waals surface area contributed by atoms with Gasteiger partial charge in [0, 0.05) is 10.8 Å². The molecule has 0 aliphatic rings. The zero-order valence-electron chi connectivity index (χ0n) is 10.00. The lowest BCUT2D eigenvalue weighted by Gasteiger charge is -2.24. The van der Waals surface area contributed by atoms with Crippen molar-refractivity contribution in [1.29, 1.82) is 0 Å². The maximum absolute atomic E-state index is 13.6. The number of hydrogen-bond acceptors (Lipinski definition) is 2. The number of fused-ring (bicyclic) bond motifs is 1. The summed E-state index contributed by atoms with van der Waals surface area (Å²) in [6.45, 7) is 3.48. The molecule has 18 heavy (non-hydrogen) atoms. The monoisotopic (exact) mass is 250 g/mol. The first-order chi connectivity index (χ1) is 8.45. The van der Waals surface area contributed by atoms with Crippen molar-refractivity contribution in [2.45, 2.75) is 19.4 Å². The van der Waals surface area contributed by atoms with Gasteiger partial charge in [0.25, 0.3) is 0 Å². The maximum Gasteiger partial charge on any atom is 0.207 e. The SMILES string of the molecule is CC(C)(NC=O)c1ncc(F)c2cc(F)ccc12. The number of carbonyl (C=O) groups is 1. The van der Waals surface area contributed by atoms with Gasteiger partial charge in [-0.1, -0.05) is 0 Å². The van der Waals surface area contributed by atoms with E-state index in [9.17, 15) is 13.6 Å². The Bertz CT molecular complexity index is 611. The second kappa shape index (κ2) is 4.33. The standard InChI is InChI=1S/C13H12F2N2O/c1-13(2,17-7-18)12-9-4-3-8(14)5-10(9)11(15)6-16-12/h3-7H,1-2H3,(H,17,18). The molecule has 1 N–H and O–H groups in total. The van der Waals surface area contributed by atoms with Crippen LogP contribution in [0.1, 0.15) is 19.5 Å². The third-order valence-electron chi connectivity index (χ3n) is 2.81. The summed E-state index contributed by atoms with van der Waals surface area (Å²) in [5.41, 5.74) is -0.267. The number of carbonyl (C=O) groups excluding carboxylic acids is 1. The molecule has 0 saturated heterocycles. The lowest BCUT2D eigenvalue weighted by molar-refractivity contribution is -0.111. The van der Waals surface area contributed by atoms with Gasteiger partial charge >= 0.3 is 0 Å². The van der Waals surface area contributed by atoms with Gasteiger partial charge in [0.15, 0.2) is 0 Å². The van der Waals surface area contributed by atoms with E-state index in [4.69, 9.17) is 0 Å². The van der Waals surface area contributed by atoms with Crippen molar-refractivity contribution in [2.75, 3.05) is 0 Å². The topological polar surface area (TPSA) is 42.0 Å². The lowest BCUT2D eigenvalue weighted by atomic mass is 9.95. The second-order valence-corrected chi connectivity index (χ2v) is 4.53. The van der Waals surface area contributed by atoms with Gasteiger partial charge in [-0.3, -0.25) is 9.78 Å². The number of benzene rings is 1. The van der Waals surface area contributed by atoms with E-state index >= 15 is 0 Å². The van der Waals surface area contributed by atoms with Gasteiger partial charge in [0.05, 0.1) is 17.4 Å². The van der Waals surface area contributed by atoms with E-state index < -0.39 is 17.2 Å². The fourth-order valence-corrected chi connectivity index (χ4v) is 1.89. The number of pyridine rings is 1. The Morgan fingerprint density at radius 1 is 1.28 bits per heavy atom. The molecule has 0 atom stereocenters. The second-order valence-electron chi connectivity index (χ2n) is 4.53. The predicted molar refractivity (Wildman–Crippen MR) is 63.9 cm³/mol. The van der Waals surface area contributed by atoms with Crippen LogP contribution in [0.15, 0.2) is 24.4 Å². The molecule has 94 valence electrons. The van der Waals surface area contributed by atoms with E-state index in [1.807, 2.05) is 0 Å². The first kappa shape index (κ1) is 12.4. The van der Waals surface area contributed by atoms with E-state index in [0.29, 0.717) is 17.5 Å². The maximum atomic E-state index is 13.6. The Balaban J connectivity index is 2.73. The van der Waals surface area contributed by atoms with Crippen LogP contribution in [0.5, 0.6) is 0 Å². The van der Waals surface area contributed by atoms with Crippen LogP contribution in [0, 0.1) is 11.6 Å². The van der Waals surface area contributed by atoms with Crippen LogP contribution in [0.2, 0.25) is 0 Å². The average molecular weight is 250 g/mol. The van der Waals surface area contributed by atoms with Gasteiger partial charge < -0.3 is 5.32 Å². The zero-order valence-corrected chi connectivity index (χ0v) is 10.00. The van der Waals surface area contributed by atoms with E-state index in [1.54, 1.807) is 13.8 Å². The van der Waals surface area contributed by atoms with Crippen molar-refractivity contribution < 1.29 is 13.6 Å². The number of aromatic nitrogens is 1. The van der Waals surface area contributed by atoms with Crippen LogP contribution in [-0.4, -0.2) is 11.4 Å². The molecule has 0 spiro atoms. The molecule has 0 unspecified atom stereocenters. The molecule has 2 rings (SSSR count). The molecular weight excluding hydrogens is 238 g/mol. The molecule has 3 nitrogen and oxygen atoms in total. The molecular formula is C13H12F2N2O. The molecule has 0 bridgehead atoms. The number of rotatable bonds is 3. The first-order valence-corrected chi connectivity index (χ1v) is 5.41. The fraction of sp³-hybridized carbons (Fsp3) is 0.231. The van der Waals surface area contributed by atoms with Crippen molar-refractivity contribution in [1.82, 2.24) is 10.3 Å². The Hall–Kier alpha value is -2.04. The highest BCUT2D eigenvalue weighted by molar-refractivity contribution is 5.86. The molecule has 1 amide bonds. The van der Waals surface area contributed by atoms with Gasteiger partial charge in [-0.15, -0.1) is 0 Å². The van der Waals surface area contributed by atoms with Crippen molar-refractivity contribution in [3.05, 3.63) is 41.7 Å². The Morgan fingerprint density at radius 2 is 2.00 bits per heavy atom. The van der Waals surface area contributed by atoms with Crippen LogP contribution < -0.4 is 5.32 Å². The van der Waals surface area contributed by atoms with E-state index in [2.05, 4.69) is 10.3 Å². The van der Waals surface area contributed by atoms with Gasteiger partial charge in [0.1, 0.15) is 11.6 Å². The summed E-state index contributed by atoms with van der Waals surface area (Å²) >= 11 is 0. The summed E-state index contributed by atoms with van der Waals surface area (Å²) in [6.07, 6.45) is 1.59. The third-order valence-corrected chi connectivity index (χ3v) is 2.81. The Morgan fingerprint density at radius 3 is 2.67 bits per heavy atom. The normalized spacial score (nSPS) is 11.6. The molecule has 1 aromatic heterocycles. The molecule has 0 radical (unpaired) electrons. The molecule has 0 aliphatic carbocycles. The number of halogens is 2. The highest BCUT2D eigenvalue weighted by Crippen LogP contribution is 2.28. The van der Waals surface area contributed by atoms with Crippen LogP contribution in [0.25, 0.3) is 10.8 Å². The van der Waals surface area contributed by atoms with Gasteiger partial charge in [-0.2, -0.15) is 0 Å². The number of nitrogens with one attached hydrogen (secondary N) is 1. The summed E-state index contributed by atoms with van der Waals surface area (Å²) < 4.78 is 26.7. The summed E-state index contributed by atoms with van der Waals surface area (Å²) in [4.78, 5) is 14.6. The Labute approximate surface area is 103 Å². The van der Waals surface area contributed by atoms with Gasteiger partial charge in [-0.25, -0.2) is 8.78 Å². The molecule has 0 aliphatic heterocycles. The number of amides is 1. The van der Waals surface area contributed by atoms with Crippen LogP contribution in [0.4, 0.5) is 8.78 Å². The lowest BCUT2D eigenvalue weighted by Crippen LogP contribution is -2.36. The Kier molecular flexibility index (Phi) is 2.98. The van der Waals surface area contributed by atoms with E-state index in [-0.39, 0.29) is 5.39 Å². The summed E-state index contributed by atoms with van der Waals surface area (Å²) in [7, 11) is 0. The molecule has 0 saturated carbocycles. The average Bonchev–Trinajstić information content (AvgIpc) is 2.30. The van der Waals surface area contributed by atoms with E-state index in [1.165, 1.54) is 12.1 Å². The minimum atomic E-state index is -0.758. The van der Waals surface area contributed by atoms with Gasteiger partial charge in [0.2, 0.25) is 6.41 Å². The molecule has 0 fully saturated rings. The molecule has 1 aromatic carbocycles. The number of nitrogens with zero attached hydrogens (tertiary/aromatic N) is 1. The summed E-state index contributed by atoms with van der Waals surface area (Å²) in [6, 6.07) is 3.82. The minimum absolute atomic E-state index is 0.153. The smallest absolute Gasteiger partial charge is 0.207 e. The van der Waals surface area contributed by atoms with Gasteiger partial charge in [-0.05, 0) is 32.0 Å². The molecule has 2 aromatic rings. The van der Waals surface area contributed by atoms with Crippen molar-refractivity contribution in [2.24, 2.45) is 0 Å². The highest BCUT2D eigenvalue weighted by atomic mass is 19.1. The largest absolute Gasteiger partial charge is 0.348 e. The first-order valence-electron chi connectivity index (χ1n) is 5.41. The predicted octanol–water partition coefficient (Wildman–Crippen LogP) is 2.49. The van der Waals surface area contributed by atoms with Crippen molar-refractivity contribution in [3.63, 3.8) is 0 Å². The molecule has 5 heteroatoms. The van der Waals surface area contributed by atoms with E-state index in [0.717, 1.165) is 12.3 Å². The van der Waals surface area contributed by atoms with Crippen LogP contribution in [0.3, 0.4) is 0 Å². The summed E-state index contributed by atoms with van der Waals surface area (Å²) in [5, 5.41) is 3.24. The zero-order chi connectivity index (χ0) is 13.3. The molecule has 1 heterocycles. The fourth-order valence-electron chi connectivity index (χ4n) is 1.89. The van der Waals surface area contributed by atoms with Crippen LogP contribution in [-0.2, 0) is 10.3 Å². The third kappa shape index (κ3) is 2.03. The van der Waals surface area contributed by atoms with Crippen molar-refractivity contribution >= 4 is 17.2 Å². The van der Waals surface area contributed by atoms with Crippen LogP contribution >= 0.6 is 0 Å². The summed E-state index contributed by atoms with van der Waals surface area (Å²) in [5.74, 6) is -1.10. The highest BCUT2D eigenvalue weighted by Gasteiger charge is 2.24. The van der Waals surface area contributed by atoms with Crippen molar-refractivity contribution in [3.8, 4) is 0 Å². The number of hydrogen-bond donors (Lipinski definition) is 1. The minimum Gasteiger partial charge on any atom is -0.348 e. The quantitative estimate of drug-likeness (QED) is 0.850.